The van der Waals surface area contributed by atoms with Crippen LogP contribution in [0.2, 0.25) is 0 Å². The number of amides is 1. The van der Waals surface area contributed by atoms with Gasteiger partial charge in [-0.05, 0) is 57.0 Å². The lowest BCUT2D eigenvalue weighted by atomic mass is 9.96. The van der Waals surface area contributed by atoms with E-state index in [-0.39, 0.29) is 47.7 Å². The van der Waals surface area contributed by atoms with Gasteiger partial charge in [-0.25, -0.2) is 12.7 Å². The molecule has 9 nitrogen and oxygen atoms in total. The molecule has 0 unspecified atom stereocenters. The monoisotopic (exact) mass is 504 g/mol. The molecule has 3 atom stereocenters. The van der Waals surface area contributed by atoms with E-state index in [1.165, 1.54) is 11.4 Å². The van der Waals surface area contributed by atoms with Crippen molar-refractivity contribution in [1.29, 1.82) is 0 Å². The van der Waals surface area contributed by atoms with Crippen molar-refractivity contribution in [2.24, 2.45) is 0 Å². The molecule has 192 valence electrons. The van der Waals surface area contributed by atoms with E-state index in [9.17, 15) is 23.1 Å². The zero-order valence-electron chi connectivity index (χ0n) is 20.8. The number of nitrogens with zero attached hydrogens (tertiary/aromatic N) is 3. The Kier molecular flexibility index (Phi) is 7.38. The Morgan fingerprint density at radius 1 is 1.20 bits per heavy atom. The maximum Gasteiger partial charge on any atom is 0.264 e. The summed E-state index contributed by atoms with van der Waals surface area (Å²) in [4.78, 5) is 28.7. The average Bonchev–Trinajstić information content (AvgIpc) is 2.99. The fraction of sp³-hybridized carbons (Fsp3) is 0.600. The van der Waals surface area contributed by atoms with E-state index in [1.54, 1.807) is 10.6 Å². The van der Waals surface area contributed by atoms with Crippen molar-refractivity contribution in [3.8, 4) is 0 Å². The van der Waals surface area contributed by atoms with Gasteiger partial charge in [-0.1, -0.05) is 18.2 Å². The van der Waals surface area contributed by atoms with Gasteiger partial charge in [-0.2, -0.15) is 0 Å². The largest absolute Gasteiger partial charge is 0.390 e. The highest BCUT2D eigenvalue weighted by molar-refractivity contribution is 7.88. The first-order valence-corrected chi connectivity index (χ1v) is 14.1. The molecule has 10 heteroatoms. The number of nitrogens with one attached hydrogen (secondary N) is 1. The van der Waals surface area contributed by atoms with Gasteiger partial charge < -0.3 is 15.0 Å². The molecule has 4 rings (SSSR count). The Morgan fingerprint density at radius 3 is 2.43 bits per heavy atom. The molecule has 0 radical (unpaired) electrons. The van der Waals surface area contributed by atoms with Crippen molar-refractivity contribution in [3.63, 3.8) is 0 Å². The predicted octanol–water partition coefficient (Wildman–Crippen LogP) is 1.56. The SMILES string of the molecule is CC(C)n1c(=O)c(C(=O)NC2C[C@@H]3CC[C@@H](C2)N3C[C@@H](O)CN(C)S(C)(=O)=O)cc2ccccc21. The van der Waals surface area contributed by atoms with Crippen molar-refractivity contribution in [2.75, 3.05) is 26.4 Å². The molecule has 2 N–H and O–H groups in total. The van der Waals surface area contributed by atoms with Crippen molar-refractivity contribution in [3.05, 3.63) is 46.2 Å². The van der Waals surface area contributed by atoms with Crippen LogP contribution in [0.4, 0.5) is 0 Å². The lowest BCUT2D eigenvalue weighted by molar-refractivity contribution is 0.0448. The number of aliphatic hydroxyl groups is 1. The third-order valence-electron chi connectivity index (χ3n) is 7.38. The van der Waals surface area contributed by atoms with E-state index in [2.05, 4.69) is 10.2 Å². The highest BCUT2D eigenvalue weighted by atomic mass is 32.2. The second-order valence-electron chi connectivity index (χ2n) is 10.3. The first-order valence-electron chi connectivity index (χ1n) is 12.3. The summed E-state index contributed by atoms with van der Waals surface area (Å²) in [7, 11) is -1.88. The number of benzene rings is 1. The third kappa shape index (κ3) is 5.45. The number of rotatable bonds is 8. The van der Waals surface area contributed by atoms with Gasteiger partial charge in [-0.15, -0.1) is 0 Å². The topological polar surface area (TPSA) is 112 Å². The summed E-state index contributed by atoms with van der Waals surface area (Å²) >= 11 is 0. The normalized spacial score (nSPS) is 23.8. The lowest BCUT2D eigenvalue weighted by Crippen LogP contribution is -2.53. The Bertz CT molecular complexity index is 1240. The Morgan fingerprint density at radius 2 is 1.83 bits per heavy atom. The molecule has 2 saturated heterocycles. The summed E-state index contributed by atoms with van der Waals surface area (Å²) in [5.41, 5.74) is 0.691. The molecule has 1 aromatic heterocycles. The van der Waals surface area contributed by atoms with Gasteiger partial charge >= 0.3 is 0 Å². The fourth-order valence-corrected chi connectivity index (χ4v) is 6.09. The molecule has 2 aliphatic rings. The third-order valence-corrected chi connectivity index (χ3v) is 8.66. The molecule has 35 heavy (non-hydrogen) atoms. The fourth-order valence-electron chi connectivity index (χ4n) is 5.65. The van der Waals surface area contributed by atoms with Crippen molar-refractivity contribution in [1.82, 2.24) is 19.1 Å². The van der Waals surface area contributed by atoms with Gasteiger partial charge in [0.1, 0.15) is 5.56 Å². The van der Waals surface area contributed by atoms with E-state index in [0.29, 0.717) is 6.54 Å². The quantitative estimate of drug-likeness (QED) is 0.564. The number of aromatic nitrogens is 1. The van der Waals surface area contributed by atoms with Crippen LogP contribution in [0.25, 0.3) is 10.9 Å². The molecule has 0 spiro atoms. The molecule has 2 aromatic rings. The second kappa shape index (κ2) is 10.0. The van der Waals surface area contributed by atoms with Crippen LogP contribution in [0.1, 0.15) is 55.9 Å². The molecular formula is C25H36N4O5S. The molecule has 2 aliphatic heterocycles. The lowest BCUT2D eigenvalue weighted by Gasteiger charge is -2.40. The van der Waals surface area contributed by atoms with Gasteiger partial charge in [0.15, 0.2) is 0 Å². The summed E-state index contributed by atoms with van der Waals surface area (Å²) in [6, 6.07) is 9.57. The number of likely N-dealkylation sites (N-methyl/N-ethyl adjacent to an activating group) is 1. The van der Waals surface area contributed by atoms with Gasteiger partial charge in [0, 0.05) is 44.3 Å². The summed E-state index contributed by atoms with van der Waals surface area (Å²) in [5, 5.41) is 14.5. The van der Waals surface area contributed by atoms with Crippen LogP contribution in [-0.2, 0) is 10.0 Å². The van der Waals surface area contributed by atoms with Crippen LogP contribution in [-0.4, -0.2) is 83.8 Å². The Labute approximate surface area is 206 Å². The number of hydrogen-bond acceptors (Lipinski definition) is 6. The number of piperidine rings is 1. The van der Waals surface area contributed by atoms with Gasteiger partial charge in [0.25, 0.3) is 11.5 Å². The van der Waals surface area contributed by atoms with Crippen LogP contribution in [0.15, 0.2) is 35.1 Å². The molecule has 0 saturated carbocycles. The minimum atomic E-state index is -3.34. The summed E-state index contributed by atoms with van der Waals surface area (Å²) in [6.07, 6.45) is 3.77. The minimum absolute atomic E-state index is 0.0505. The standard InChI is InChI=1S/C25H36N4O5S/c1-16(2)29-23-8-6-5-7-17(23)11-22(25(29)32)24(31)26-18-12-19-9-10-20(13-18)28(19)15-21(30)14-27(3)35(4,33)34/h5-8,11,16,18-21,30H,9-10,12-15H2,1-4H3,(H,26,31)/t19-,20-,21-/m0/s1. The predicted molar refractivity (Wildman–Crippen MR) is 136 cm³/mol. The number of aliphatic hydroxyl groups excluding tert-OH is 1. The number of para-hydroxylation sites is 1. The Balaban J connectivity index is 1.44. The maximum atomic E-state index is 13.2. The van der Waals surface area contributed by atoms with Gasteiger partial charge in [-0.3, -0.25) is 14.5 Å². The highest BCUT2D eigenvalue weighted by Crippen LogP contribution is 2.36. The molecule has 1 amide bonds. The van der Waals surface area contributed by atoms with E-state index >= 15 is 0 Å². The first kappa shape index (κ1) is 25.8. The highest BCUT2D eigenvalue weighted by Gasteiger charge is 2.42. The number of fused-ring (bicyclic) bond motifs is 3. The summed E-state index contributed by atoms with van der Waals surface area (Å²) in [6.45, 7) is 4.33. The first-order chi connectivity index (χ1) is 16.5. The summed E-state index contributed by atoms with van der Waals surface area (Å²) < 4.78 is 26.1. The molecule has 2 bridgehead atoms. The zero-order valence-corrected chi connectivity index (χ0v) is 21.7. The van der Waals surface area contributed by atoms with Crippen molar-refractivity contribution < 1.29 is 18.3 Å². The van der Waals surface area contributed by atoms with Crippen molar-refractivity contribution >= 4 is 26.8 Å². The number of pyridine rings is 1. The molecule has 1 aromatic carbocycles. The average molecular weight is 505 g/mol. The van der Waals surface area contributed by atoms with E-state index in [0.717, 1.165) is 42.8 Å². The van der Waals surface area contributed by atoms with E-state index in [4.69, 9.17) is 0 Å². The van der Waals surface area contributed by atoms with Crippen LogP contribution in [0, 0.1) is 0 Å². The molecule has 2 fully saturated rings. The maximum absolute atomic E-state index is 13.2. The number of carbonyl (C=O) groups is 1. The van der Waals surface area contributed by atoms with Crippen molar-refractivity contribution in [2.45, 2.75) is 69.8 Å². The Hall–Kier alpha value is -2.27. The molecular weight excluding hydrogens is 468 g/mol. The van der Waals surface area contributed by atoms with Crippen LogP contribution in [0.3, 0.4) is 0 Å². The number of sulfonamides is 1. The van der Waals surface area contributed by atoms with E-state index in [1.807, 2.05) is 38.1 Å². The number of carbonyl (C=O) groups excluding carboxylic acids is 1. The van der Waals surface area contributed by atoms with Crippen LogP contribution >= 0.6 is 0 Å². The molecule has 3 heterocycles. The van der Waals surface area contributed by atoms with Gasteiger partial charge in [0.05, 0.1) is 17.9 Å². The summed E-state index contributed by atoms with van der Waals surface area (Å²) in [5.74, 6) is -0.345. The minimum Gasteiger partial charge on any atom is -0.390 e. The molecule has 0 aliphatic carbocycles. The van der Waals surface area contributed by atoms with Crippen LogP contribution < -0.4 is 10.9 Å². The zero-order chi connectivity index (χ0) is 25.5. The van der Waals surface area contributed by atoms with Gasteiger partial charge in [0.2, 0.25) is 10.0 Å². The second-order valence-corrected chi connectivity index (χ2v) is 12.4. The van der Waals surface area contributed by atoms with Crippen LogP contribution in [0.5, 0.6) is 0 Å². The number of hydrogen-bond donors (Lipinski definition) is 2. The smallest absolute Gasteiger partial charge is 0.264 e. The van der Waals surface area contributed by atoms with E-state index < -0.39 is 16.1 Å².